The highest BCUT2D eigenvalue weighted by atomic mass is 32.2. The van der Waals surface area contributed by atoms with Crippen molar-refractivity contribution in [3.05, 3.63) is 29.8 Å². The number of hydrogen-bond acceptors (Lipinski definition) is 3. The number of carbonyl (C=O) groups is 1. The molecule has 0 aromatic heterocycles. The van der Waals surface area contributed by atoms with Crippen molar-refractivity contribution in [3.8, 4) is 0 Å². The molecule has 20 heavy (non-hydrogen) atoms. The van der Waals surface area contributed by atoms with E-state index < -0.39 is 22.4 Å². The molecule has 1 aromatic carbocycles. The molecule has 0 spiro atoms. The summed E-state index contributed by atoms with van der Waals surface area (Å²) in [6.07, 6.45) is 0.684. The minimum Gasteiger partial charge on any atom is -0.478 e. The Hall–Kier alpha value is -1.20. The first-order valence-corrected chi connectivity index (χ1v) is 7.78. The fraction of sp³-hybridized carbons (Fsp3) is 0.533. The number of aromatic carboxylic acids is 1. The molecule has 1 heterocycles. The zero-order chi connectivity index (χ0) is 15.1. The van der Waals surface area contributed by atoms with Gasteiger partial charge in [-0.05, 0) is 52.3 Å². The van der Waals surface area contributed by atoms with E-state index in [9.17, 15) is 9.00 Å². The Morgan fingerprint density at radius 1 is 1.35 bits per heavy atom. The highest BCUT2D eigenvalue weighted by Crippen LogP contribution is 2.41. The zero-order valence-electron chi connectivity index (χ0n) is 12.2. The number of carboxylic acids is 1. The predicted molar refractivity (Wildman–Crippen MR) is 77.5 cm³/mol. The third kappa shape index (κ3) is 2.94. The normalized spacial score (nSPS) is 25.3. The minimum atomic E-state index is -1.29. The van der Waals surface area contributed by atoms with Gasteiger partial charge in [0, 0.05) is 4.90 Å². The maximum Gasteiger partial charge on any atom is 0.335 e. The molecule has 2 atom stereocenters. The average molecular weight is 296 g/mol. The maximum atomic E-state index is 12.8. The van der Waals surface area contributed by atoms with E-state index in [2.05, 4.69) is 0 Å². The van der Waals surface area contributed by atoms with Crippen LogP contribution in [0.15, 0.2) is 29.2 Å². The molecule has 2 unspecified atom stereocenters. The smallest absolute Gasteiger partial charge is 0.335 e. The molecule has 0 amide bonds. The van der Waals surface area contributed by atoms with Gasteiger partial charge in [-0.25, -0.2) is 4.79 Å². The van der Waals surface area contributed by atoms with Crippen LogP contribution >= 0.6 is 0 Å². The second-order valence-corrected chi connectivity index (χ2v) is 7.92. The molecule has 0 aliphatic carbocycles. The second-order valence-electron chi connectivity index (χ2n) is 6.29. The summed E-state index contributed by atoms with van der Waals surface area (Å²) in [6.45, 7) is 7.84. The number of ether oxygens (including phenoxy) is 1. The van der Waals surface area contributed by atoms with E-state index in [4.69, 9.17) is 9.84 Å². The van der Waals surface area contributed by atoms with Gasteiger partial charge in [0.1, 0.15) is 0 Å². The molecule has 1 fully saturated rings. The van der Waals surface area contributed by atoms with Gasteiger partial charge in [-0.3, -0.25) is 4.21 Å². The van der Waals surface area contributed by atoms with Crippen molar-refractivity contribution < 1.29 is 18.8 Å². The minimum absolute atomic E-state index is 0.151. The lowest BCUT2D eigenvalue weighted by molar-refractivity contribution is -0.0633. The Labute approximate surface area is 121 Å². The van der Waals surface area contributed by atoms with E-state index in [0.29, 0.717) is 11.3 Å². The van der Waals surface area contributed by atoms with Crippen molar-refractivity contribution in [1.82, 2.24) is 0 Å². The molecule has 4 nitrogen and oxygen atoms in total. The van der Waals surface area contributed by atoms with E-state index in [-0.39, 0.29) is 16.4 Å². The third-order valence-electron chi connectivity index (χ3n) is 3.56. The van der Waals surface area contributed by atoms with Gasteiger partial charge in [0.2, 0.25) is 0 Å². The van der Waals surface area contributed by atoms with Crippen LogP contribution in [0.3, 0.4) is 0 Å². The summed E-state index contributed by atoms with van der Waals surface area (Å²) in [5, 5.41) is 8.87. The van der Waals surface area contributed by atoms with Gasteiger partial charge in [-0.15, -0.1) is 0 Å². The van der Waals surface area contributed by atoms with Gasteiger partial charge < -0.3 is 9.84 Å². The van der Waals surface area contributed by atoms with E-state index in [1.54, 1.807) is 12.1 Å². The van der Waals surface area contributed by atoms with Crippen LogP contribution < -0.4 is 0 Å². The van der Waals surface area contributed by atoms with Crippen molar-refractivity contribution in [2.24, 2.45) is 0 Å². The van der Waals surface area contributed by atoms with Crippen LogP contribution in [0.5, 0.6) is 0 Å². The molecule has 0 saturated carbocycles. The molecule has 0 radical (unpaired) electrons. The molecular formula is C15H20O4S. The quantitative estimate of drug-likeness (QED) is 0.931. The largest absolute Gasteiger partial charge is 0.478 e. The van der Waals surface area contributed by atoms with Crippen molar-refractivity contribution in [3.63, 3.8) is 0 Å². The molecule has 5 heteroatoms. The van der Waals surface area contributed by atoms with Crippen LogP contribution in [0.4, 0.5) is 0 Å². The van der Waals surface area contributed by atoms with Crippen molar-refractivity contribution in [2.45, 2.75) is 55.5 Å². The summed E-state index contributed by atoms with van der Waals surface area (Å²) >= 11 is 0. The molecule has 2 rings (SSSR count). The van der Waals surface area contributed by atoms with Crippen LogP contribution in [0.25, 0.3) is 0 Å². The lowest BCUT2D eigenvalue weighted by atomic mass is 10.0. The first-order chi connectivity index (χ1) is 9.12. The Kier molecular flexibility index (Phi) is 3.77. The summed E-state index contributed by atoms with van der Waals surface area (Å²) in [7, 11) is -1.29. The van der Waals surface area contributed by atoms with Gasteiger partial charge in [-0.1, -0.05) is 6.07 Å². The summed E-state index contributed by atoms with van der Waals surface area (Å²) in [6, 6.07) is 6.33. The standard InChI is InChI=1S/C15H20O4S/c1-14(2)9-12(15(3,4)19-14)20(18)11-7-5-6-10(8-11)13(16)17/h5-8,12H,9H2,1-4H3,(H,16,17). The predicted octanol–water partition coefficient (Wildman–Crippen LogP) is 2.84. The van der Waals surface area contributed by atoms with Crippen molar-refractivity contribution >= 4 is 16.8 Å². The highest BCUT2D eigenvalue weighted by Gasteiger charge is 2.49. The van der Waals surface area contributed by atoms with E-state index in [1.165, 1.54) is 12.1 Å². The van der Waals surface area contributed by atoms with Crippen LogP contribution in [-0.4, -0.2) is 31.7 Å². The maximum absolute atomic E-state index is 12.8. The molecule has 110 valence electrons. The van der Waals surface area contributed by atoms with Gasteiger partial charge in [-0.2, -0.15) is 0 Å². The van der Waals surface area contributed by atoms with Crippen LogP contribution in [0, 0.1) is 0 Å². The van der Waals surface area contributed by atoms with Crippen LogP contribution in [0.2, 0.25) is 0 Å². The van der Waals surface area contributed by atoms with Crippen molar-refractivity contribution in [2.75, 3.05) is 0 Å². The molecule has 1 N–H and O–H groups in total. The first-order valence-electron chi connectivity index (χ1n) is 6.56. The van der Waals surface area contributed by atoms with Gasteiger partial charge in [0.05, 0.1) is 32.8 Å². The summed E-state index contributed by atoms with van der Waals surface area (Å²) in [4.78, 5) is 11.5. The molecular weight excluding hydrogens is 276 g/mol. The molecule has 1 saturated heterocycles. The highest BCUT2D eigenvalue weighted by molar-refractivity contribution is 7.85. The summed E-state index contributed by atoms with van der Waals surface area (Å²) in [5.74, 6) is -1.01. The van der Waals surface area contributed by atoms with E-state index >= 15 is 0 Å². The van der Waals surface area contributed by atoms with Crippen molar-refractivity contribution in [1.29, 1.82) is 0 Å². The second kappa shape index (κ2) is 4.97. The zero-order valence-corrected chi connectivity index (χ0v) is 13.0. The number of carboxylic acid groups (broad SMARTS) is 1. The Morgan fingerprint density at radius 2 is 2.00 bits per heavy atom. The van der Waals surface area contributed by atoms with Crippen LogP contribution in [0.1, 0.15) is 44.5 Å². The Bertz CT molecular complexity index is 563. The number of hydrogen-bond donors (Lipinski definition) is 1. The van der Waals surface area contributed by atoms with E-state index in [1.807, 2.05) is 27.7 Å². The monoisotopic (exact) mass is 296 g/mol. The van der Waals surface area contributed by atoms with Gasteiger partial charge in [0.15, 0.2) is 0 Å². The first kappa shape index (κ1) is 15.2. The summed E-state index contributed by atoms with van der Waals surface area (Å²) in [5.41, 5.74) is -0.645. The molecule has 1 aliphatic heterocycles. The Morgan fingerprint density at radius 3 is 2.50 bits per heavy atom. The average Bonchev–Trinajstić information content (AvgIpc) is 2.56. The third-order valence-corrected chi connectivity index (χ3v) is 5.53. The molecule has 1 aliphatic rings. The fourth-order valence-corrected chi connectivity index (χ4v) is 4.66. The van der Waals surface area contributed by atoms with E-state index in [0.717, 1.165) is 0 Å². The Balaban J connectivity index is 2.32. The molecule has 0 bridgehead atoms. The lowest BCUT2D eigenvalue weighted by Crippen LogP contribution is -2.35. The van der Waals surface area contributed by atoms with Gasteiger partial charge >= 0.3 is 5.97 Å². The number of benzene rings is 1. The van der Waals surface area contributed by atoms with Gasteiger partial charge in [0.25, 0.3) is 0 Å². The van der Waals surface area contributed by atoms with Crippen LogP contribution in [-0.2, 0) is 15.5 Å². The topological polar surface area (TPSA) is 63.6 Å². The SMILES string of the molecule is CC1(C)CC(S(=O)c2cccc(C(=O)O)c2)C(C)(C)O1. The summed E-state index contributed by atoms with van der Waals surface area (Å²) < 4.78 is 18.7. The number of rotatable bonds is 3. The fourth-order valence-electron chi connectivity index (χ4n) is 2.76. The molecule has 1 aromatic rings. The lowest BCUT2D eigenvalue weighted by Gasteiger charge is -2.26.